The van der Waals surface area contributed by atoms with Gasteiger partial charge in [-0.05, 0) is 25.7 Å². The number of amides is 2. The van der Waals surface area contributed by atoms with E-state index >= 15 is 0 Å². The molecule has 0 radical (unpaired) electrons. The summed E-state index contributed by atoms with van der Waals surface area (Å²) in [5, 5.41) is 3.14. The van der Waals surface area contributed by atoms with Crippen LogP contribution in [0.15, 0.2) is 0 Å². The van der Waals surface area contributed by atoms with Crippen molar-refractivity contribution in [3.8, 4) is 0 Å². The maximum absolute atomic E-state index is 12.3. The van der Waals surface area contributed by atoms with E-state index in [1.807, 2.05) is 18.7 Å². The van der Waals surface area contributed by atoms with Gasteiger partial charge in [0.1, 0.15) is 0 Å². The molecular weight excluding hydrogens is 254 g/mol. The number of likely N-dealkylation sites (tertiary alicyclic amines) is 1. The van der Waals surface area contributed by atoms with Crippen molar-refractivity contribution < 1.29 is 9.59 Å². The fraction of sp³-hybridized carbons (Fsp3) is 0.867. The number of rotatable bonds is 4. The molecule has 0 aromatic carbocycles. The van der Waals surface area contributed by atoms with E-state index in [0.29, 0.717) is 6.54 Å². The van der Waals surface area contributed by atoms with Crippen molar-refractivity contribution in [3.63, 3.8) is 0 Å². The number of carbonyl (C=O) groups is 2. The molecule has 20 heavy (non-hydrogen) atoms. The highest BCUT2D eigenvalue weighted by atomic mass is 16.2. The molecule has 0 bridgehead atoms. The maximum Gasteiger partial charge on any atom is 0.227 e. The van der Waals surface area contributed by atoms with Gasteiger partial charge in [0.15, 0.2) is 0 Å². The Kier molecular flexibility index (Phi) is 4.68. The number of piperidine rings is 1. The number of hydrogen-bond acceptors (Lipinski definition) is 3. The molecular formula is C15H27N3O2. The second-order valence-corrected chi connectivity index (χ2v) is 6.57. The van der Waals surface area contributed by atoms with Gasteiger partial charge in [-0.1, -0.05) is 20.3 Å². The predicted octanol–water partition coefficient (Wildman–Crippen LogP) is 0.879. The summed E-state index contributed by atoms with van der Waals surface area (Å²) in [5.41, 5.74) is 5.46. The van der Waals surface area contributed by atoms with E-state index in [1.165, 1.54) is 0 Å². The molecule has 0 unspecified atom stereocenters. The third-order valence-corrected chi connectivity index (χ3v) is 4.82. The molecule has 5 nitrogen and oxygen atoms in total. The van der Waals surface area contributed by atoms with Crippen LogP contribution in [0.1, 0.15) is 46.0 Å². The van der Waals surface area contributed by atoms with E-state index in [9.17, 15) is 9.59 Å². The highest BCUT2D eigenvalue weighted by Crippen LogP contribution is 2.40. The van der Waals surface area contributed by atoms with Crippen molar-refractivity contribution in [2.24, 2.45) is 17.1 Å². The lowest BCUT2D eigenvalue weighted by atomic mass is 9.68. The third kappa shape index (κ3) is 2.97. The first kappa shape index (κ1) is 15.3. The molecule has 1 saturated heterocycles. The van der Waals surface area contributed by atoms with Crippen LogP contribution in [-0.2, 0) is 9.59 Å². The van der Waals surface area contributed by atoms with Crippen LogP contribution in [0.25, 0.3) is 0 Å². The average molecular weight is 281 g/mol. The fourth-order valence-corrected chi connectivity index (χ4v) is 3.08. The Labute approximate surface area is 121 Å². The smallest absolute Gasteiger partial charge is 0.227 e. The van der Waals surface area contributed by atoms with Gasteiger partial charge in [-0.25, -0.2) is 0 Å². The summed E-state index contributed by atoms with van der Waals surface area (Å²) >= 11 is 0. The van der Waals surface area contributed by atoms with Crippen molar-refractivity contribution in [3.05, 3.63) is 0 Å². The van der Waals surface area contributed by atoms with Gasteiger partial charge >= 0.3 is 0 Å². The van der Waals surface area contributed by atoms with Gasteiger partial charge in [-0.15, -0.1) is 0 Å². The topological polar surface area (TPSA) is 75.4 Å². The molecule has 1 aliphatic heterocycles. The SMILES string of the molecule is CC(C)C(=O)N1CCC(NC(=O)C2(CN)CCC2)CC1. The summed E-state index contributed by atoms with van der Waals surface area (Å²) in [4.78, 5) is 26.1. The first-order valence-electron chi connectivity index (χ1n) is 7.78. The van der Waals surface area contributed by atoms with Crippen molar-refractivity contribution in [1.82, 2.24) is 10.2 Å². The Morgan fingerprint density at radius 3 is 2.30 bits per heavy atom. The summed E-state index contributed by atoms with van der Waals surface area (Å²) in [6.45, 7) is 5.80. The minimum absolute atomic E-state index is 0.0524. The Balaban J connectivity index is 1.80. The van der Waals surface area contributed by atoms with Gasteiger partial charge in [-0.3, -0.25) is 9.59 Å². The first-order chi connectivity index (χ1) is 9.48. The number of nitrogens with one attached hydrogen (secondary N) is 1. The quantitative estimate of drug-likeness (QED) is 0.803. The fourth-order valence-electron chi connectivity index (χ4n) is 3.08. The monoisotopic (exact) mass is 281 g/mol. The number of carbonyl (C=O) groups excluding carboxylic acids is 2. The van der Waals surface area contributed by atoms with Gasteiger partial charge in [-0.2, -0.15) is 0 Å². The van der Waals surface area contributed by atoms with Gasteiger partial charge in [0.05, 0.1) is 5.41 Å². The van der Waals surface area contributed by atoms with Crippen LogP contribution < -0.4 is 11.1 Å². The molecule has 114 valence electrons. The van der Waals surface area contributed by atoms with Gasteiger partial charge in [0.25, 0.3) is 0 Å². The summed E-state index contributed by atoms with van der Waals surface area (Å²) in [6, 6.07) is 0.197. The van der Waals surface area contributed by atoms with Crippen LogP contribution in [0.4, 0.5) is 0 Å². The summed E-state index contributed by atoms with van der Waals surface area (Å²) in [5.74, 6) is 0.392. The third-order valence-electron chi connectivity index (χ3n) is 4.82. The van der Waals surface area contributed by atoms with Crippen molar-refractivity contribution >= 4 is 11.8 Å². The van der Waals surface area contributed by atoms with Crippen LogP contribution in [0.3, 0.4) is 0 Å². The summed E-state index contributed by atoms with van der Waals surface area (Å²) in [7, 11) is 0. The zero-order valence-electron chi connectivity index (χ0n) is 12.7. The summed E-state index contributed by atoms with van der Waals surface area (Å²) in [6.07, 6.45) is 4.64. The van der Waals surface area contributed by atoms with E-state index in [-0.39, 0.29) is 29.2 Å². The lowest BCUT2D eigenvalue weighted by molar-refractivity contribution is -0.137. The minimum atomic E-state index is -0.301. The largest absolute Gasteiger partial charge is 0.353 e. The van der Waals surface area contributed by atoms with E-state index in [4.69, 9.17) is 5.73 Å². The molecule has 0 aromatic rings. The van der Waals surface area contributed by atoms with Gasteiger partial charge < -0.3 is 16.0 Å². The van der Waals surface area contributed by atoms with Crippen LogP contribution in [0, 0.1) is 11.3 Å². The Morgan fingerprint density at radius 2 is 1.90 bits per heavy atom. The molecule has 5 heteroatoms. The molecule has 2 amide bonds. The molecule has 1 saturated carbocycles. The highest BCUT2D eigenvalue weighted by molar-refractivity contribution is 5.84. The second kappa shape index (κ2) is 6.12. The van der Waals surface area contributed by atoms with Crippen LogP contribution in [0.2, 0.25) is 0 Å². The van der Waals surface area contributed by atoms with Crippen LogP contribution in [-0.4, -0.2) is 42.4 Å². The van der Waals surface area contributed by atoms with E-state index in [0.717, 1.165) is 45.2 Å². The minimum Gasteiger partial charge on any atom is -0.353 e. The molecule has 0 spiro atoms. The van der Waals surface area contributed by atoms with Crippen molar-refractivity contribution in [1.29, 1.82) is 0 Å². The highest BCUT2D eigenvalue weighted by Gasteiger charge is 2.43. The molecule has 1 aliphatic carbocycles. The summed E-state index contributed by atoms with van der Waals surface area (Å²) < 4.78 is 0. The molecule has 2 aliphatic rings. The second-order valence-electron chi connectivity index (χ2n) is 6.57. The lowest BCUT2D eigenvalue weighted by Crippen LogP contribution is -2.55. The van der Waals surface area contributed by atoms with Crippen LogP contribution in [0.5, 0.6) is 0 Å². The Morgan fingerprint density at radius 1 is 1.30 bits per heavy atom. The molecule has 0 atom stereocenters. The average Bonchev–Trinajstić information content (AvgIpc) is 2.38. The van der Waals surface area contributed by atoms with Gasteiger partial charge in [0, 0.05) is 31.6 Å². The molecule has 2 rings (SSSR count). The van der Waals surface area contributed by atoms with Crippen molar-refractivity contribution in [2.75, 3.05) is 19.6 Å². The van der Waals surface area contributed by atoms with E-state index in [2.05, 4.69) is 5.32 Å². The Bertz CT molecular complexity index is 364. The normalized spacial score (nSPS) is 22.5. The first-order valence-corrected chi connectivity index (χ1v) is 7.78. The zero-order chi connectivity index (χ0) is 14.8. The number of nitrogens with zero attached hydrogens (tertiary/aromatic N) is 1. The van der Waals surface area contributed by atoms with Gasteiger partial charge in [0.2, 0.25) is 11.8 Å². The number of hydrogen-bond donors (Lipinski definition) is 2. The van der Waals surface area contributed by atoms with Crippen molar-refractivity contribution in [2.45, 2.75) is 52.0 Å². The lowest BCUT2D eigenvalue weighted by Gasteiger charge is -2.41. The molecule has 0 aromatic heterocycles. The molecule has 3 N–H and O–H groups in total. The van der Waals surface area contributed by atoms with Crippen LogP contribution >= 0.6 is 0 Å². The predicted molar refractivity (Wildman–Crippen MR) is 77.9 cm³/mol. The standard InChI is InChI=1S/C15H27N3O2/c1-11(2)13(19)18-8-4-12(5-9-18)17-14(20)15(10-16)6-3-7-15/h11-12H,3-10,16H2,1-2H3,(H,17,20). The molecule has 1 heterocycles. The maximum atomic E-state index is 12.3. The van der Waals surface area contributed by atoms with E-state index < -0.39 is 0 Å². The van der Waals surface area contributed by atoms with E-state index in [1.54, 1.807) is 0 Å². The number of nitrogens with two attached hydrogens (primary N) is 1. The molecule has 2 fully saturated rings. The zero-order valence-corrected chi connectivity index (χ0v) is 12.7. The Hall–Kier alpha value is -1.10.